The molecule has 0 aromatic carbocycles. The number of nitrogens with zero attached hydrogens (tertiary/aromatic N) is 1. The molecule has 0 fully saturated rings. The van der Waals surface area contributed by atoms with E-state index in [0.29, 0.717) is 12.5 Å². The summed E-state index contributed by atoms with van der Waals surface area (Å²) in [5.74, 6) is -2.08. The van der Waals surface area contributed by atoms with E-state index in [1.54, 1.807) is 0 Å². The molecule has 0 aromatic rings. The van der Waals surface area contributed by atoms with Gasteiger partial charge in [-0.3, -0.25) is 9.59 Å². The Kier molecular flexibility index (Phi) is 6.69. The van der Waals surface area contributed by atoms with Gasteiger partial charge in [0.15, 0.2) is 0 Å². The summed E-state index contributed by atoms with van der Waals surface area (Å²) in [7, 11) is 0. The van der Waals surface area contributed by atoms with Crippen LogP contribution in [0.1, 0.15) is 20.3 Å². The Bertz CT molecular complexity index is 274. The predicted molar refractivity (Wildman–Crippen MR) is 59.7 cm³/mol. The Balaban J connectivity index is 4.22. The Morgan fingerprint density at radius 2 is 1.59 bits per heavy atom. The summed E-state index contributed by atoms with van der Waals surface area (Å²) in [6, 6.07) is -0.671. The fraction of sp³-hybridized carbons (Fsp3) is 0.700. The zero-order valence-electron chi connectivity index (χ0n) is 9.97. The summed E-state index contributed by atoms with van der Waals surface area (Å²) in [6.07, 6.45) is 0.750. The average molecular weight is 246 g/mol. The van der Waals surface area contributed by atoms with Crippen LogP contribution in [0.2, 0.25) is 0 Å². The minimum atomic E-state index is -1.25. The second kappa shape index (κ2) is 7.48. The molecule has 98 valence electrons. The second-order valence-corrected chi connectivity index (χ2v) is 4.06. The first-order valence-corrected chi connectivity index (χ1v) is 5.29. The van der Waals surface area contributed by atoms with E-state index >= 15 is 0 Å². The molecule has 17 heavy (non-hydrogen) atoms. The van der Waals surface area contributed by atoms with Crippen molar-refractivity contribution in [1.29, 1.82) is 0 Å². The van der Waals surface area contributed by atoms with Crippen molar-refractivity contribution in [2.45, 2.75) is 20.3 Å². The highest BCUT2D eigenvalue weighted by molar-refractivity contribution is 5.84. The van der Waals surface area contributed by atoms with E-state index in [-0.39, 0.29) is 0 Å². The SMILES string of the molecule is CC(C)CCNC(=O)N(CC(=O)O)CC(=O)O. The van der Waals surface area contributed by atoms with Crippen LogP contribution in [-0.2, 0) is 9.59 Å². The number of carboxylic acids is 2. The molecule has 3 N–H and O–H groups in total. The number of hydrogen-bond acceptors (Lipinski definition) is 3. The first kappa shape index (κ1) is 15.2. The van der Waals surface area contributed by atoms with Crippen LogP contribution in [0.4, 0.5) is 4.79 Å². The maximum atomic E-state index is 11.5. The molecule has 0 saturated heterocycles. The standard InChI is InChI=1S/C10H18N2O5/c1-7(2)3-4-11-10(17)12(5-8(13)14)6-9(15)16/h7H,3-6H2,1-2H3,(H,11,17)(H,13,14)(H,15,16). The first-order chi connectivity index (χ1) is 7.82. The molecule has 0 atom stereocenters. The maximum absolute atomic E-state index is 11.5. The summed E-state index contributed by atoms with van der Waals surface area (Å²) < 4.78 is 0. The lowest BCUT2D eigenvalue weighted by Crippen LogP contribution is -2.45. The zero-order chi connectivity index (χ0) is 13.4. The van der Waals surface area contributed by atoms with Crippen molar-refractivity contribution < 1.29 is 24.6 Å². The van der Waals surface area contributed by atoms with Crippen molar-refractivity contribution in [1.82, 2.24) is 10.2 Å². The van der Waals surface area contributed by atoms with E-state index in [2.05, 4.69) is 5.32 Å². The molecule has 7 nitrogen and oxygen atoms in total. The lowest BCUT2D eigenvalue weighted by Gasteiger charge is -2.19. The zero-order valence-corrected chi connectivity index (χ0v) is 9.97. The van der Waals surface area contributed by atoms with Gasteiger partial charge in [0.05, 0.1) is 0 Å². The van der Waals surface area contributed by atoms with Crippen LogP contribution in [0.3, 0.4) is 0 Å². The lowest BCUT2D eigenvalue weighted by molar-refractivity contribution is -0.140. The lowest BCUT2D eigenvalue weighted by atomic mass is 10.1. The number of carbonyl (C=O) groups is 3. The molecule has 0 aromatic heterocycles. The number of hydrogen-bond donors (Lipinski definition) is 3. The fourth-order valence-electron chi connectivity index (χ4n) is 1.11. The van der Waals surface area contributed by atoms with E-state index < -0.39 is 31.1 Å². The summed E-state index contributed by atoms with van der Waals surface area (Å²) in [5, 5.41) is 19.6. The minimum absolute atomic E-state index is 0.395. The molecular weight excluding hydrogens is 228 g/mol. The number of amides is 2. The number of aliphatic carboxylic acids is 2. The molecule has 0 aliphatic rings. The highest BCUT2D eigenvalue weighted by atomic mass is 16.4. The van der Waals surface area contributed by atoms with Crippen LogP contribution in [0.5, 0.6) is 0 Å². The Morgan fingerprint density at radius 3 is 1.94 bits per heavy atom. The van der Waals surface area contributed by atoms with Crippen LogP contribution < -0.4 is 5.32 Å². The van der Waals surface area contributed by atoms with Gasteiger partial charge in [0.1, 0.15) is 13.1 Å². The van der Waals surface area contributed by atoms with Gasteiger partial charge >= 0.3 is 18.0 Å². The Hall–Kier alpha value is -1.79. The Morgan fingerprint density at radius 1 is 1.12 bits per heavy atom. The summed E-state index contributed by atoms with van der Waals surface area (Å²) >= 11 is 0. The molecular formula is C10H18N2O5. The van der Waals surface area contributed by atoms with E-state index in [1.807, 2.05) is 13.8 Å². The summed E-state index contributed by atoms with van der Waals surface area (Å²) in [5.41, 5.74) is 0. The third kappa shape index (κ3) is 8.06. The van der Waals surface area contributed by atoms with Crippen molar-refractivity contribution in [2.24, 2.45) is 5.92 Å². The van der Waals surface area contributed by atoms with Crippen molar-refractivity contribution >= 4 is 18.0 Å². The first-order valence-electron chi connectivity index (χ1n) is 5.29. The highest BCUT2D eigenvalue weighted by Crippen LogP contribution is 1.97. The molecule has 7 heteroatoms. The number of carboxylic acid groups (broad SMARTS) is 2. The van der Waals surface area contributed by atoms with Gasteiger partial charge in [-0.25, -0.2) is 4.79 Å². The van der Waals surface area contributed by atoms with Crippen molar-refractivity contribution in [2.75, 3.05) is 19.6 Å². The summed E-state index contributed by atoms with van der Waals surface area (Å²) in [6.45, 7) is 3.11. The van der Waals surface area contributed by atoms with E-state index in [0.717, 1.165) is 11.3 Å². The van der Waals surface area contributed by atoms with Crippen molar-refractivity contribution in [3.63, 3.8) is 0 Å². The third-order valence-corrected chi connectivity index (χ3v) is 1.94. The van der Waals surface area contributed by atoms with Crippen LogP contribution in [-0.4, -0.2) is 52.7 Å². The van der Waals surface area contributed by atoms with Gasteiger partial charge in [0.2, 0.25) is 0 Å². The molecule has 0 spiro atoms. The van der Waals surface area contributed by atoms with Gasteiger partial charge in [-0.2, -0.15) is 0 Å². The molecule has 0 bridgehead atoms. The largest absolute Gasteiger partial charge is 0.480 e. The molecule has 0 aliphatic carbocycles. The quantitative estimate of drug-likeness (QED) is 0.595. The fourth-order valence-corrected chi connectivity index (χ4v) is 1.11. The molecule has 0 saturated carbocycles. The van der Waals surface area contributed by atoms with Crippen LogP contribution in [0.25, 0.3) is 0 Å². The minimum Gasteiger partial charge on any atom is -0.480 e. The number of urea groups is 1. The van der Waals surface area contributed by atoms with Crippen molar-refractivity contribution in [3.05, 3.63) is 0 Å². The Labute approximate surface area is 99.4 Å². The molecule has 0 radical (unpaired) electrons. The summed E-state index contributed by atoms with van der Waals surface area (Å²) in [4.78, 5) is 33.2. The highest BCUT2D eigenvalue weighted by Gasteiger charge is 2.18. The van der Waals surface area contributed by atoms with Gasteiger partial charge in [0.25, 0.3) is 0 Å². The van der Waals surface area contributed by atoms with Crippen LogP contribution in [0, 0.1) is 5.92 Å². The number of rotatable bonds is 7. The topological polar surface area (TPSA) is 107 Å². The van der Waals surface area contributed by atoms with Crippen LogP contribution >= 0.6 is 0 Å². The monoisotopic (exact) mass is 246 g/mol. The van der Waals surface area contributed by atoms with Gasteiger partial charge < -0.3 is 20.4 Å². The predicted octanol–water partition coefficient (Wildman–Crippen LogP) is 0.213. The second-order valence-electron chi connectivity index (χ2n) is 4.06. The van der Waals surface area contributed by atoms with Crippen molar-refractivity contribution in [3.8, 4) is 0 Å². The third-order valence-electron chi connectivity index (χ3n) is 1.94. The van der Waals surface area contributed by atoms with E-state index in [4.69, 9.17) is 10.2 Å². The molecule has 0 heterocycles. The normalized spacial score (nSPS) is 10.1. The number of carbonyl (C=O) groups excluding carboxylic acids is 1. The van der Waals surface area contributed by atoms with E-state index in [1.165, 1.54) is 0 Å². The number of nitrogens with one attached hydrogen (secondary N) is 1. The maximum Gasteiger partial charge on any atom is 0.323 e. The average Bonchev–Trinajstić information content (AvgIpc) is 2.14. The molecule has 0 aliphatic heterocycles. The van der Waals surface area contributed by atoms with Gasteiger partial charge in [-0.05, 0) is 12.3 Å². The smallest absolute Gasteiger partial charge is 0.323 e. The van der Waals surface area contributed by atoms with Crippen LogP contribution in [0.15, 0.2) is 0 Å². The molecule has 0 unspecified atom stereocenters. The van der Waals surface area contributed by atoms with Gasteiger partial charge in [0, 0.05) is 6.54 Å². The molecule has 2 amide bonds. The van der Waals surface area contributed by atoms with Gasteiger partial charge in [-0.15, -0.1) is 0 Å². The molecule has 0 rings (SSSR count). The van der Waals surface area contributed by atoms with E-state index in [9.17, 15) is 14.4 Å². The van der Waals surface area contributed by atoms with Gasteiger partial charge in [-0.1, -0.05) is 13.8 Å².